The molecule has 0 aromatic heterocycles. The molecule has 1 aromatic carbocycles. The van der Waals surface area contributed by atoms with E-state index in [1.165, 1.54) is 12.5 Å². The van der Waals surface area contributed by atoms with Crippen molar-refractivity contribution in [2.45, 2.75) is 50.9 Å². The van der Waals surface area contributed by atoms with E-state index in [0.717, 1.165) is 31.5 Å². The molecule has 0 radical (unpaired) electrons. The minimum atomic E-state index is -0.722. The van der Waals surface area contributed by atoms with Crippen molar-refractivity contribution in [2.75, 3.05) is 13.1 Å². The molecular formula is C16H23ClN2O4. The summed E-state index contributed by atoms with van der Waals surface area (Å²) in [4.78, 5) is 12.9. The summed E-state index contributed by atoms with van der Waals surface area (Å²) in [5, 5.41) is 21.9. The molecule has 0 bridgehead atoms. The van der Waals surface area contributed by atoms with Crippen LogP contribution in [0.5, 0.6) is 5.75 Å². The largest absolute Gasteiger partial charge is 0.485 e. The van der Waals surface area contributed by atoms with Gasteiger partial charge in [-0.1, -0.05) is 6.42 Å². The molecule has 1 N–H and O–H groups in total. The van der Waals surface area contributed by atoms with Gasteiger partial charge in [0.1, 0.15) is 17.5 Å². The third-order valence-corrected chi connectivity index (χ3v) is 4.69. The van der Waals surface area contributed by atoms with Crippen LogP contribution in [0, 0.1) is 10.1 Å². The van der Waals surface area contributed by atoms with Gasteiger partial charge in [-0.25, -0.2) is 0 Å². The molecule has 2 aliphatic heterocycles. The fourth-order valence-electron chi connectivity index (χ4n) is 3.46. The number of aliphatic hydroxyl groups is 1. The Balaban J connectivity index is 0.00000192. The van der Waals surface area contributed by atoms with Gasteiger partial charge in [0.25, 0.3) is 5.69 Å². The Kier molecular flexibility index (Phi) is 5.18. The lowest BCUT2D eigenvalue weighted by Gasteiger charge is -2.47. The van der Waals surface area contributed by atoms with Crippen LogP contribution in [0.4, 0.5) is 5.69 Å². The number of halogens is 1. The first-order valence-electron chi connectivity index (χ1n) is 7.79. The summed E-state index contributed by atoms with van der Waals surface area (Å²) in [5.41, 5.74) is 0.0461. The molecule has 0 spiro atoms. The van der Waals surface area contributed by atoms with Gasteiger partial charge in [0.05, 0.1) is 11.0 Å². The van der Waals surface area contributed by atoms with Crippen LogP contribution in [-0.2, 0) is 0 Å². The van der Waals surface area contributed by atoms with Gasteiger partial charge in [-0.3, -0.25) is 15.0 Å². The highest BCUT2D eigenvalue weighted by atomic mass is 35.5. The first-order valence-corrected chi connectivity index (χ1v) is 7.79. The Bertz CT molecular complexity index is 587. The normalized spacial score (nSPS) is 26.6. The molecule has 128 valence electrons. The number of ether oxygens (including phenoxy) is 1. The Morgan fingerprint density at radius 3 is 2.57 bits per heavy atom. The number of nitro benzene ring substituents is 1. The molecular weight excluding hydrogens is 320 g/mol. The van der Waals surface area contributed by atoms with Gasteiger partial charge < -0.3 is 9.84 Å². The summed E-state index contributed by atoms with van der Waals surface area (Å²) < 4.78 is 5.89. The number of piperidine rings is 1. The van der Waals surface area contributed by atoms with Crippen LogP contribution in [0.15, 0.2) is 18.2 Å². The van der Waals surface area contributed by atoms with Crippen molar-refractivity contribution in [2.24, 2.45) is 0 Å². The van der Waals surface area contributed by atoms with Crippen LogP contribution in [-0.4, -0.2) is 39.7 Å². The third-order valence-electron chi connectivity index (χ3n) is 4.69. The van der Waals surface area contributed by atoms with Gasteiger partial charge in [-0.15, -0.1) is 12.4 Å². The quantitative estimate of drug-likeness (QED) is 0.660. The summed E-state index contributed by atoms with van der Waals surface area (Å²) in [6.45, 7) is 5.53. The van der Waals surface area contributed by atoms with Crippen LogP contribution >= 0.6 is 12.4 Å². The second-order valence-electron chi connectivity index (χ2n) is 6.67. The molecule has 0 unspecified atom stereocenters. The molecule has 0 amide bonds. The van der Waals surface area contributed by atoms with E-state index < -0.39 is 16.6 Å². The van der Waals surface area contributed by atoms with Crippen molar-refractivity contribution in [3.8, 4) is 5.75 Å². The van der Waals surface area contributed by atoms with Crippen molar-refractivity contribution < 1.29 is 14.8 Å². The lowest BCUT2D eigenvalue weighted by atomic mass is 9.84. The van der Waals surface area contributed by atoms with Gasteiger partial charge in [-0.2, -0.15) is 0 Å². The first kappa shape index (κ1) is 18.0. The monoisotopic (exact) mass is 342 g/mol. The number of benzene rings is 1. The Morgan fingerprint density at radius 2 is 1.96 bits per heavy atom. The van der Waals surface area contributed by atoms with E-state index in [1.807, 2.05) is 13.8 Å². The number of fused-ring (bicyclic) bond motifs is 1. The minimum Gasteiger partial charge on any atom is -0.485 e. The third kappa shape index (κ3) is 3.29. The van der Waals surface area contributed by atoms with Crippen LogP contribution in [0.1, 0.15) is 44.7 Å². The minimum absolute atomic E-state index is 0. The van der Waals surface area contributed by atoms with Crippen molar-refractivity contribution in [3.05, 3.63) is 33.9 Å². The van der Waals surface area contributed by atoms with E-state index in [2.05, 4.69) is 4.90 Å². The summed E-state index contributed by atoms with van der Waals surface area (Å²) in [7, 11) is 0. The van der Waals surface area contributed by atoms with Crippen LogP contribution in [0.3, 0.4) is 0 Å². The predicted molar refractivity (Wildman–Crippen MR) is 89.2 cm³/mol. The molecule has 0 saturated carbocycles. The van der Waals surface area contributed by atoms with Crippen molar-refractivity contribution in [1.82, 2.24) is 4.90 Å². The van der Waals surface area contributed by atoms with E-state index in [-0.39, 0.29) is 24.1 Å². The Hall–Kier alpha value is -1.37. The zero-order chi connectivity index (χ0) is 15.9. The van der Waals surface area contributed by atoms with Crippen LogP contribution in [0.2, 0.25) is 0 Å². The summed E-state index contributed by atoms with van der Waals surface area (Å²) >= 11 is 0. The van der Waals surface area contributed by atoms with Gasteiger partial charge in [-0.05, 0) is 45.8 Å². The maximum absolute atomic E-state index is 11.1. The van der Waals surface area contributed by atoms with Gasteiger partial charge in [0.2, 0.25) is 0 Å². The highest BCUT2D eigenvalue weighted by molar-refractivity contribution is 5.85. The number of hydrogen-bond acceptors (Lipinski definition) is 5. The van der Waals surface area contributed by atoms with Crippen LogP contribution in [0.25, 0.3) is 0 Å². The van der Waals surface area contributed by atoms with E-state index >= 15 is 0 Å². The molecule has 6 nitrogen and oxygen atoms in total. The standard InChI is InChI=1S/C16H22N2O4.ClH/c1-16(2)15(19)14(17-8-4-3-5-9-17)12-10-11(18(20)21)6-7-13(12)22-16;/h6-7,10,14-15,19H,3-5,8-9H2,1-2H3;1H/t14-,15+;/m0./s1. The average Bonchev–Trinajstić information content (AvgIpc) is 2.48. The van der Waals surface area contributed by atoms with Gasteiger partial charge >= 0.3 is 0 Å². The molecule has 23 heavy (non-hydrogen) atoms. The lowest BCUT2D eigenvalue weighted by Crippen LogP contribution is -2.54. The van der Waals surface area contributed by atoms with Crippen molar-refractivity contribution >= 4 is 18.1 Å². The smallest absolute Gasteiger partial charge is 0.270 e. The highest BCUT2D eigenvalue weighted by Crippen LogP contribution is 2.44. The maximum atomic E-state index is 11.1. The zero-order valence-corrected chi connectivity index (χ0v) is 14.2. The second kappa shape index (κ2) is 6.63. The predicted octanol–water partition coefficient (Wildman–Crippen LogP) is 3.08. The lowest BCUT2D eigenvalue weighted by molar-refractivity contribution is -0.385. The van der Waals surface area contributed by atoms with Gasteiger partial charge in [0, 0.05) is 17.7 Å². The fraction of sp³-hybridized carbons (Fsp3) is 0.625. The molecule has 3 rings (SSSR count). The number of hydrogen-bond donors (Lipinski definition) is 1. The molecule has 7 heteroatoms. The van der Waals surface area contributed by atoms with E-state index in [9.17, 15) is 15.2 Å². The maximum Gasteiger partial charge on any atom is 0.270 e. The summed E-state index contributed by atoms with van der Waals surface area (Å²) in [6.07, 6.45) is 2.66. The topological polar surface area (TPSA) is 75.8 Å². The van der Waals surface area contributed by atoms with Crippen molar-refractivity contribution in [3.63, 3.8) is 0 Å². The molecule has 2 heterocycles. The second-order valence-corrected chi connectivity index (χ2v) is 6.67. The molecule has 0 aliphatic carbocycles. The number of rotatable bonds is 2. The SMILES string of the molecule is CC1(C)Oc2ccc([N+](=O)[O-])cc2[C@H](N2CCCCC2)[C@H]1O.Cl. The number of nitro groups is 1. The molecule has 1 fully saturated rings. The summed E-state index contributed by atoms with van der Waals surface area (Å²) in [6, 6.07) is 4.41. The number of non-ortho nitro benzene ring substituents is 1. The average molecular weight is 343 g/mol. The number of nitrogens with zero attached hydrogens (tertiary/aromatic N) is 2. The molecule has 1 saturated heterocycles. The van der Waals surface area contributed by atoms with Crippen molar-refractivity contribution in [1.29, 1.82) is 0 Å². The Morgan fingerprint density at radius 1 is 1.30 bits per heavy atom. The number of likely N-dealkylation sites (tertiary alicyclic amines) is 1. The first-order chi connectivity index (χ1) is 10.4. The van der Waals surface area contributed by atoms with Gasteiger partial charge in [0.15, 0.2) is 0 Å². The molecule has 2 aliphatic rings. The van der Waals surface area contributed by atoms with E-state index in [0.29, 0.717) is 5.75 Å². The summed E-state index contributed by atoms with van der Waals surface area (Å²) in [5.74, 6) is 0.636. The fourth-order valence-corrected chi connectivity index (χ4v) is 3.46. The van der Waals surface area contributed by atoms with E-state index in [4.69, 9.17) is 4.74 Å². The van der Waals surface area contributed by atoms with E-state index in [1.54, 1.807) is 12.1 Å². The Labute approximate surface area is 142 Å². The number of aliphatic hydroxyl groups excluding tert-OH is 1. The zero-order valence-electron chi connectivity index (χ0n) is 13.4. The highest BCUT2D eigenvalue weighted by Gasteiger charge is 2.46. The molecule has 1 aromatic rings. The molecule has 2 atom stereocenters. The van der Waals surface area contributed by atoms with Crippen LogP contribution < -0.4 is 4.74 Å².